The number of imidazole rings is 1. The minimum Gasteiger partial charge on any atom is -0.495 e. The highest BCUT2D eigenvalue weighted by Gasteiger charge is 2.20. The predicted molar refractivity (Wildman–Crippen MR) is 147 cm³/mol. The number of hydrogen-bond donors (Lipinski definition) is 1. The molecule has 0 spiro atoms. The molecule has 1 N–H and O–H groups in total. The first-order valence-corrected chi connectivity index (χ1v) is 12.8. The topological polar surface area (TPSA) is 104 Å². The van der Waals surface area contributed by atoms with Crippen LogP contribution in [0.2, 0.25) is 0 Å². The van der Waals surface area contributed by atoms with E-state index >= 15 is 0 Å². The number of rotatable bonds is 9. The van der Waals surface area contributed by atoms with Crippen molar-refractivity contribution in [3.05, 3.63) is 94.3 Å². The average Bonchev–Trinajstić information content (AvgIpc) is 3.58. The number of aromatic nitrogens is 7. The number of aromatic amines is 1. The Hall–Kier alpha value is -4.53. The predicted octanol–water partition coefficient (Wildman–Crippen LogP) is 5.01. The molecule has 0 aliphatic rings. The van der Waals surface area contributed by atoms with Gasteiger partial charge in [0, 0.05) is 29.2 Å². The van der Waals surface area contributed by atoms with Gasteiger partial charge >= 0.3 is 5.69 Å². The Morgan fingerprint density at radius 3 is 2.50 bits per heavy atom. The first-order valence-electron chi connectivity index (χ1n) is 12.8. The van der Waals surface area contributed by atoms with E-state index in [1.165, 1.54) is 0 Å². The maximum absolute atomic E-state index is 13.8. The van der Waals surface area contributed by atoms with Gasteiger partial charge in [-0.25, -0.2) is 4.79 Å². The van der Waals surface area contributed by atoms with Crippen LogP contribution >= 0.6 is 0 Å². The van der Waals surface area contributed by atoms with E-state index in [0.717, 1.165) is 52.2 Å². The fraction of sp³-hybridized carbons (Fsp3) is 0.276. The van der Waals surface area contributed by atoms with Crippen LogP contribution in [0.15, 0.2) is 71.8 Å². The Balaban J connectivity index is 1.52. The van der Waals surface area contributed by atoms with Gasteiger partial charge in [-0.05, 0) is 40.8 Å². The van der Waals surface area contributed by atoms with Crippen molar-refractivity contribution in [2.24, 2.45) is 0 Å². The van der Waals surface area contributed by atoms with Crippen molar-refractivity contribution in [3.8, 4) is 34.1 Å². The summed E-state index contributed by atoms with van der Waals surface area (Å²) >= 11 is 0. The second-order valence-electron chi connectivity index (χ2n) is 9.49. The molecule has 0 saturated carbocycles. The molecule has 0 unspecified atom stereocenters. The molecule has 0 saturated heterocycles. The van der Waals surface area contributed by atoms with E-state index in [1.54, 1.807) is 11.7 Å². The zero-order valence-corrected chi connectivity index (χ0v) is 22.0. The van der Waals surface area contributed by atoms with Crippen molar-refractivity contribution < 1.29 is 4.74 Å². The van der Waals surface area contributed by atoms with E-state index in [1.807, 2.05) is 65.5 Å². The number of tetrazole rings is 1. The van der Waals surface area contributed by atoms with Crippen LogP contribution in [-0.4, -0.2) is 41.9 Å². The molecule has 0 bridgehead atoms. The Labute approximate surface area is 221 Å². The molecule has 5 aromatic rings. The standard InChI is InChI=1S/C29H31N7O2/c1-5-9-21-18-36(27-22(19(2)3)12-8-13-26(27)38-4)29(37)35(21)17-20-14-15-25(30-16-20)23-10-6-7-11-24(23)28-31-33-34-32-28/h6-8,10-16,18-19H,5,9,17H2,1-4H3,(H,31,32,33,34). The zero-order chi connectivity index (χ0) is 26.6. The van der Waals surface area contributed by atoms with Crippen LogP contribution < -0.4 is 10.4 Å². The molecule has 0 atom stereocenters. The normalized spacial score (nSPS) is 11.3. The van der Waals surface area contributed by atoms with Crippen LogP contribution in [0.25, 0.3) is 28.3 Å². The summed E-state index contributed by atoms with van der Waals surface area (Å²) in [5, 5.41) is 14.4. The second-order valence-corrected chi connectivity index (χ2v) is 9.49. The molecule has 9 nitrogen and oxygen atoms in total. The summed E-state index contributed by atoms with van der Waals surface area (Å²) in [7, 11) is 1.64. The van der Waals surface area contributed by atoms with Crippen molar-refractivity contribution in [3.63, 3.8) is 0 Å². The van der Waals surface area contributed by atoms with E-state index in [0.29, 0.717) is 18.1 Å². The van der Waals surface area contributed by atoms with Gasteiger partial charge in [0.05, 0.1) is 25.0 Å². The van der Waals surface area contributed by atoms with E-state index in [9.17, 15) is 4.79 Å². The van der Waals surface area contributed by atoms with Gasteiger partial charge in [-0.3, -0.25) is 14.1 Å². The number of nitrogens with one attached hydrogen (secondary N) is 1. The van der Waals surface area contributed by atoms with Crippen molar-refractivity contribution in [2.75, 3.05) is 7.11 Å². The number of H-pyrrole nitrogens is 1. The third kappa shape index (κ3) is 4.74. The molecular formula is C29H31N7O2. The highest BCUT2D eigenvalue weighted by atomic mass is 16.5. The highest BCUT2D eigenvalue weighted by Crippen LogP contribution is 2.31. The molecule has 0 aliphatic heterocycles. The third-order valence-corrected chi connectivity index (χ3v) is 6.64. The van der Waals surface area contributed by atoms with Crippen molar-refractivity contribution in [1.29, 1.82) is 0 Å². The summed E-state index contributed by atoms with van der Waals surface area (Å²) in [4.78, 5) is 18.5. The molecule has 2 aromatic carbocycles. The summed E-state index contributed by atoms with van der Waals surface area (Å²) in [6.45, 7) is 6.79. The summed E-state index contributed by atoms with van der Waals surface area (Å²) in [5.74, 6) is 1.43. The minimum atomic E-state index is -0.0913. The molecule has 0 fully saturated rings. The van der Waals surface area contributed by atoms with Crippen LogP contribution in [0.1, 0.15) is 49.9 Å². The van der Waals surface area contributed by atoms with Gasteiger partial charge in [0.2, 0.25) is 5.82 Å². The first kappa shape index (κ1) is 25.1. The lowest BCUT2D eigenvalue weighted by molar-refractivity contribution is 0.411. The van der Waals surface area contributed by atoms with E-state index < -0.39 is 0 Å². The lowest BCUT2D eigenvalue weighted by Gasteiger charge is -2.16. The fourth-order valence-electron chi connectivity index (χ4n) is 4.78. The van der Waals surface area contributed by atoms with Gasteiger partial charge in [0.15, 0.2) is 0 Å². The molecule has 194 valence electrons. The maximum Gasteiger partial charge on any atom is 0.333 e. The highest BCUT2D eigenvalue weighted by molar-refractivity contribution is 5.78. The summed E-state index contributed by atoms with van der Waals surface area (Å²) in [6, 6.07) is 17.7. The fourth-order valence-corrected chi connectivity index (χ4v) is 4.78. The number of aryl methyl sites for hydroxylation is 1. The smallest absolute Gasteiger partial charge is 0.333 e. The van der Waals surface area contributed by atoms with Crippen molar-refractivity contribution in [1.82, 2.24) is 34.7 Å². The lowest BCUT2D eigenvalue weighted by atomic mass is 10.0. The Morgan fingerprint density at radius 1 is 1.03 bits per heavy atom. The monoisotopic (exact) mass is 509 g/mol. The Bertz CT molecular complexity index is 1580. The number of benzene rings is 2. The molecule has 3 heterocycles. The van der Waals surface area contributed by atoms with Gasteiger partial charge in [0.1, 0.15) is 5.75 Å². The Morgan fingerprint density at radius 2 is 1.84 bits per heavy atom. The van der Waals surface area contributed by atoms with E-state index in [4.69, 9.17) is 9.72 Å². The van der Waals surface area contributed by atoms with Crippen LogP contribution in [0.3, 0.4) is 0 Å². The van der Waals surface area contributed by atoms with E-state index in [-0.39, 0.29) is 11.6 Å². The Kier molecular flexibility index (Phi) is 7.17. The van der Waals surface area contributed by atoms with Gasteiger partial charge in [0.25, 0.3) is 0 Å². The van der Waals surface area contributed by atoms with Crippen molar-refractivity contribution in [2.45, 2.75) is 46.1 Å². The summed E-state index contributed by atoms with van der Waals surface area (Å²) in [5.41, 5.74) is 6.24. The summed E-state index contributed by atoms with van der Waals surface area (Å²) < 4.78 is 9.25. The van der Waals surface area contributed by atoms with Gasteiger partial charge in [-0.1, -0.05) is 69.7 Å². The molecule has 3 aromatic heterocycles. The number of pyridine rings is 1. The van der Waals surface area contributed by atoms with Gasteiger partial charge in [-0.15, -0.1) is 10.2 Å². The van der Waals surface area contributed by atoms with Crippen LogP contribution in [-0.2, 0) is 13.0 Å². The quantitative estimate of drug-likeness (QED) is 0.299. The van der Waals surface area contributed by atoms with Crippen molar-refractivity contribution >= 4 is 0 Å². The third-order valence-electron chi connectivity index (χ3n) is 6.64. The maximum atomic E-state index is 13.8. The number of ether oxygens (including phenoxy) is 1. The molecule has 38 heavy (non-hydrogen) atoms. The molecule has 0 aliphatic carbocycles. The number of methoxy groups -OCH3 is 1. The van der Waals surface area contributed by atoms with Crippen LogP contribution in [0.5, 0.6) is 5.75 Å². The zero-order valence-electron chi connectivity index (χ0n) is 22.0. The van der Waals surface area contributed by atoms with Crippen LogP contribution in [0, 0.1) is 0 Å². The SMILES string of the molecule is CCCc1cn(-c2c(OC)cccc2C(C)C)c(=O)n1Cc1ccc(-c2ccccc2-c2nn[nH]n2)nc1. The molecular weight excluding hydrogens is 478 g/mol. The van der Waals surface area contributed by atoms with E-state index in [2.05, 4.69) is 47.5 Å². The second kappa shape index (κ2) is 10.8. The average molecular weight is 510 g/mol. The minimum absolute atomic E-state index is 0.0913. The number of para-hydroxylation sites is 1. The first-order chi connectivity index (χ1) is 18.5. The largest absolute Gasteiger partial charge is 0.495 e. The number of nitrogens with zero attached hydrogens (tertiary/aromatic N) is 6. The number of hydrogen-bond acceptors (Lipinski definition) is 6. The lowest BCUT2D eigenvalue weighted by Crippen LogP contribution is -2.25. The van der Waals surface area contributed by atoms with Gasteiger partial charge in [-0.2, -0.15) is 5.21 Å². The molecule has 5 rings (SSSR count). The van der Waals surface area contributed by atoms with Gasteiger partial charge < -0.3 is 4.74 Å². The molecule has 0 radical (unpaired) electrons. The molecule has 0 amide bonds. The van der Waals surface area contributed by atoms with Crippen LogP contribution in [0.4, 0.5) is 0 Å². The molecule has 9 heteroatoms. The summed E-state index contributed by atoms with van der Waals surface area (Å²) in [6.07, 6.45) is 5.50.